The van der Waals surface area contributed by atoms with Crippen molar-refractivity contribution in [2.24, 2.45) is 0 Å². The van der Waals surface area contributed by atoms with Crippen molar-refractivity contribution in [1.82, 2.24) is 4.98 Å². The first-order valence-corrected chi connectivity index (χ1v) is 4.83. The van der Waals surface area contributed by atoms with Gasteiger partial charge in [0.25, 0.3) is 0 Å². The summed E-state index contributed by atoms with van der Waals surface area (Å²) in [7, 11) is 0. The number of carbonyl (C=O) groups excluding carboxylic acids is 1. The summed E-state index contributed by atoms with van der Waals surface area (Å²) in [4.78, 5) is 14.5. The molecule has 0 atom stereocenters. The van der Waals surface area contributed by atoms with Crippen molar-refractivity contribution >= 4 is 5.78 Å². The normalized spacial score (nSPS) is 11.5. The number of aromatic nitrogens is 1. The predicted octanol–water partition coefficient (Wildman–Crippen LogP) is 3.26. The summed E-state index contributed by atoms with van der Waals surface area (Å²) < 4.78 is 37.4. The Morgan fingerprint density at radius 2 is 1.88 bits per heavy atom. The monoisotopic (exact) mass is 239 g/mol. The number of aromatic amines is 1. The van der Waals surface area contributed by atoms with E-state index in [1.165, 1.54) is 24.4 Å². The zero-order chi connectivity index (χ0) is 12.5. The van der Waals surface area contributed by atoms with E-state index in [0.717, 1.165) is 12.1 Å². The van der Waals surface area contributed by atoms with E-state index in [9.17, 15) is 18.0 Å². The van der Waals surface area contributed by atoms with Crippen LogP contribution in [0.4, 0.5) is 13.2 Å². The minimum atomic E-state index is -4.44. The number of hydrogen-bond donors (Lipinski definition) is 1. The highest BCUT2D eigenvalue weighted by atomic mass is 19.4. The van der Waals surface area contributed by atoms with Gasteiger partial charge in [-0.05, 0) is 18.2 Å². The van der Waals surface area contributed by atoms with Gasteiger partial charge < -0.3 is 4.98 Å². The molecule has 2 nitrogen and oxygen atoms in total. The second-order valence-electron chi connectivity index (χ2n) is 3.51. The predicted molar refractivity (Wildman–Crippen MR) is 55.7 cm³/mol. The first-order valence-electron chi connectivity index (χ1n) is 4.83. The third-order valence-corrected chi connectivity index (χ3v) is 2.31. The smallest absolute Gasteiger partial charge is 0.367 e. The van der Waals surface area contributed by atoms with Crippen molar-refractivity contribution < 1.29 is 18.0 Å². The molecule has 0 radical (unpaired) electrons. The summed E-state index contributed by atoms with van der Waals surface area (Å²) in [5.74, 6) is -0.433. The van der Waals surface area contributed by atoms with Gasteiger partial charge in [0.05, 0.1) is 5.56 Å². The molecule has 1 aromatic heterocycles. The molecule has 2 rings (SSSR count). The Balaban J connectivity index is 2.38. The van der Waals surface area contributed by atoms with Crippen LogP contribution in [0.1, 0.15) is 21.5 Å². The van der Waals surface area contributed by atoms with Gasteiger partial charge in [0.15, 0.2) is 5.78 Å². The van der Waals surface area contributed by atoms with Crippen molar-refractivity contribution in [1.29, 1.82) is 0 Å². The molecule has 0 amide bonds. The molecule has 2 aromatic rings. The average molecular weight is 239 g/mol. The van der Waals surface area contributed by atoms with Crippen LogP contribution in [0.3, 0.4) is 0 Å². The third-order valence-electron chi connectivity index (χ3n) is 2.31. The van der Waals surface area contributed by atoms with Gasteiger partial charge in [-0.1, -0.05) is 12.1 Å². The molecule has 0 aliphatic rings. The van der Waals surface area contributed by atoms with E-state index in [1.54, 1.807) is 6.20 Å². The quantitative estimate of drug-likeness (QED) is 0.801. The Kier molecular flexibility index (Phi) is 2.75. The lowest BCUT2D eigenvalue weighted by molar-refractivity contribution is -0.137. The lowest BCUT2D eigenvalue weighted by atomic mass is 10.0. The minimum absolute atomic E-state index is 0.0272. The lowest BCUT2D eigenvalue weighted by Gasteiger charge is -2.07. The van der Waals surface area contributed by atoms with E-state index in [4.69, 9.17) is 0 Å². The average Bonchev–Trinajstić information content (AvgIpc) is 2.80. The second-order valence-corrected chi connectivity index (χ2v) is 3.51. The first kappa shape index (κ1) is 11.4. The van der Waals surface area contributed by atoms with Crippen LogP contribution in [0.5, 0.6) is 0 Å². The molecule has 0 saturated carbocycles. The molecule has 0 bridgehead atoms. The molecule has 0 spiro atoms. The fraction of sp³-hybridized carbons (Fsp3) is 0.0833. The lowest BCUT2D eigenvalue weighted by Crippen LogP contribution is -2.07. The molecule has 0 fully saturated rings. The van der Waals surface area contributed by atoms with Crippen molar-refractivity contribution in [3.8, 4) is 0 Å². The van der Waals surface area contributed by atoms with Crippen LogP contribution >= 0.6 is 0 Å². The Morgan fingerprint density at radius 1 is 1.12 bits per heavy atom. The molecule has 88 valence electrons. The number of nitrogens with one attached hydrogen (secondary N) is 1. The third kappa shape index (κ3) is 2.38. The largest absolute Gasteiger partial charge is 0.416 e. The summed E-state index contributed by atoms with van der Waals surface area (Å²) in [6.07, 6.45) is -1.45. The second kappa shape index (κ2) is 4.08. The number of alkyl halides is 3. The van der Waals surface area contributed by atoms with Crippen LogP contribution in [-0.2, 0) is 6.18 Å². The van der Waals surface area contributed by atoms with E-state index in [-0.39, 0.29) is 5.56 Å². The van der Waals surface area contributed by atoms with E-state index in [0.29, 0.717) is 5.56 Å². The molecular weight excluding hydrogens is 231 g/mol. The van der Waals surface area contributed by atoms with Crippen LogP contribution in [0, 0.1) is 0 Å². The van der Waals surface area contributed by atoms with Crippen LogP contribution < -0.4 is 0 Å². The van der Waals surface area contributed by atoms with Crippen LogP contribution in [-0.4, -0.2) is 10.8 Å². The Hall–Kier alpha value is -2.04. The number of carbonyl (C=O) groups is 1. The fourth-order valence-corrected chi connectivity index (χ4v) is 1.47. The van der Waals surface area contributed by atoms with Crippen molar-refractivity contribution in [3.05, 3.63) is 59.4 Å². The summed E-state index contributed by atoms with van der Waals surface area (Å²) in [6.45, 7) is 0. The zero-order valence-electron chi connectivity index (χ0n) is 8.58. The number of rotatable bonds is 2. The van der Waals surface area contributed by atoms with Crippen molar-refractivity contribution in [2.45, 2.75) is 6.18 Å². The number of H-pyrrole nitrogens is 1. The van der Waals surface area contributed by atoms with Gasteiger partial charge in [0, 0.05) is 23.5 Å². The van der Waals surface area contributed by atoms with Crippen molar-refractivity contribution in [3.63, 3.8) is 0 Å². The van der Waals surface area contributed by atoms with Crippen LogP contribution in [0.2, 0.25) is 0 Å². The highest BCUT2D eigenvalue weighted by Crippen LogP contribution is 2.29. The molecule has 0 saturated heterocycles. The topological polar surface area (TPSA) is 32.9 Å². The van der Waals surface area contributed by atoms with Gasteiger partial charge in [0.1, 0.15) is 0 Å². The van der Waals surface area contributed by atoms with Crippen LogP contribution in [0.15, 0.2) is 42.7 Å². The Morgan fingerprint density at radius 3 is 2.47 bits per heavy atom. The number of benzene rings is 1. The molecule has 1 N–H and O–H groups in total. The van der Waals surface area contributed by atoms with E-state index in [2.05, 4.69) is 4.98 Å². The summed E-state index contributed by atoms with van der Waals surface area (Å²) in [6, 6.07) is 5.90. The SMILES string of the molecule is O=C(c1cc[nH]c1)c1cccc(C(F)(F)F)c1. The Labute approximate surface area is 95.1 Å². The maximum Gasteiger partial charge on any atom is 0.416 e. The van der Waals surface area contributed by atoms with E-state index >= 15 is 0 Å². The highest BCUT2D eigenvalue weighted by molar-refractivity contribution is 6.08. The van der Waals surface area contributed by atoms with Crippen molar-refractivity contribution in [2.75, 3.05) is 0 Å². The molecule has 5 heteroatoms. The van der Waals surface area contributed by atoms with Gasteiger partial charge in [-0.25, -0.2) is 0 Å². The molecule has 0 aliphatic heterocycles. The molecule has 0 aliphatic carbocycles. The minimum Gasteiger partial charge on any atom is -0.367 e. The van der Waals surface area contributed by atoms with E-state index in [1.807, 2.05) is 0 Å². The van der Waals surface area contributed by atoms with Gasteiger partial charge in [-0.15, -0.1) is 0 Å². The molecule has 1 heterocycles. The molecule has 0 unspecified atom stereocenters. The molecule has 1 aromatic carbocycles. The maximum atomic E-state index is 12.5. The fourth-order valence-electron chi connectivity index (χ4n) is 1.47. The number of hydrogen-bond acceptors (Lipinski definition) is 1. The van der Waals surface area contributed by atoms with E-state index < -0.39 is 17.5 Å². The van der Waals surface area contributed by atoms with Gasteiger partial charge in [0.2, 0.25) is 0 Å². The standard InChI is InChI=1S/C12H8F3NO/c13-12(14,15)10-3-1-2-8(6-10)11(17)9-4-5-16-7-9/h1-7,16H. The molecule has 17 heavy (non-hydrogen) atoms. The highest BCUT2D eigenvalue weighted by Gasteiger charge is 2.30. The van der Waals surface area contributed by atoms with Gasteiger partial charge in [-0.2, -0.15) is 13.2 Å². The summed E-state index contributed by atoms with van der Waals surface area (Å²) in [5, 5.41) is 0. The van der Waals surface area contributed by atoms with Gasteiger partial charge in [-0.3, -0.25) is 4.79 Å². The van der Waals surface area contributed by atoms with Crippen LogP contribution in [0.25, 0.3) is 0 Å². The summed E-state index contributed by atoms with van der Waals surface area (Å²) in [5.41, 5.74) is -0.456. The van der Waals surface area contributed by atoms with Gasteiger partial charge >= 0.3 is 6.18 Å². The number of halogens is 3. The zero-order valence-corrected chi connectivity index (χ0v) is 8.58. The first-order chi connectivity index (χ1) is 7.98. The Bertz CT molecular complexity index is 529. The molecular formula is C12H8F3NO. The maximum absolute atomic E-state index is 12.5. The summed E-state index contributed by atoms with van der Waals surface area (Å²) >= 11 is 0. The number of ketones is 1.